The molecule has 25 heavy (non-hydrogen) atoms. The van der Waals surface area contributed by atoms with Crippen LogP contribution in [0.4, 0.5) is 5.69 Å². The Morgan fingerprint density at radius 3 is 2.60 bits per heavy atom. The van der Waals surface area contributed by atoms with Gasteiger partial charge >= 0.3 is 0 Å². The zero-order chi connectivity index (χ0) is 16.7. The lowest BCUT2D eigenvalue weighted by Gasteiger charge is -2.44. The molecule has 1 aliphatic carbocycles. The molecule has 5 rings (SSSR count). The molecule has 3 heterocycles. The van der Waals surface area contributed by atoms with Gasteiger partial charge in [0.2, 0.25) is 0 Å². The highest BCUT2D eigenvalue weighted by molar-refractivity contribution is 6.33. The zero-order valence-corrected chi connectivity index (χ0v) is 15.7. The van der Waals surface area contributed by atoms with Gasteiger partial charge in [0.05, 0.1) is 22.9 Å². The van der Waals surface area contributed by atoms with Crippen LogP contribution in [0.3, 0.4) is 0 Å². The van der Waals surface area contributed by atoms with Crippen molar-refractivity contribution in [3.63, 3.8) is 0 Å². The number of nitrogen functional groups attached to an aromatic ring is 1. The third kappa shape index (κ3) is 4.15. The standard InChI is InChI=1S/C18H24ClN3O2.ClH/c19-14-7-13(17(8-15(14)20)24-10-11-1-2-11)18(23)21-16-9-22-5-3-12(16)4-6-22;/h7-8,11-12,16H,1-6,9-10,20H2,(H,21,23);1H. The first-order chi connectivity index (χ1) is 11.6. The van der Waals surface area contributed by atoms with Crippen LogP contribution in [0.2, 0.25) is 5.02 Å². The number of anilines is 1. The maximum absolute atomic E-state index is 12.8. The van der Waals surface area contributed by atoms with Crippen molar-refractivity contribution in [2.24, 2.45) is 11.8 Å². The number of rotatable bonds is 5. The van der Waals surface area contributed by atoms with Gasteiger partial charge in [-0.2, -0.15) is 0 Å². The summed E-state index contributed by atoms with van der Waals surface area (Å²) < 4.78 is 5.86. The summed E-state index contributed by atoms with van der Waals surface area (Å²) in [5.74, 6) is 1.63. The highest BCUT2D eigenvalue weighted by Crippen LogP contribution is 2.34. The molecule has 2 bridgehead atoms. The van der Waals surface area contributed by atoms with Crippen molar-refractivity contribution in [3.8, 4) is 5.75 Å². The van der Waals surface area contributed by atoms with Crippen molar-refractivity contribution in [2.75, 3.05) is 32.0 Å². The molecule has 3 saturated heterocycles. The summed E-state index contributed by atoms with van der Waals surface area (Å²) in [6.07, 6.45) is 4.73. The third-order valence-electron chi connectivity index (χ3n) is 5.49. The first-order valence-electron chi connectivity index (χ1n) is 8.85. The second-order valence-electron chi connectivity index (χ2n) is 7.34. The number of hydrogen-bond acceptors (Lipinski definition) is 4. The lowest BCUT2D eigenvalue weighted by Crippen LogP contribution is -2.57. The van der Waals surface area contributed by atoms with Crippen LogP contribution < -0.4 is 15.8 Å². The molecular formula is C18H25Cl2N3O2. The summed E-state index contributed by atoms with van der Waals surface area (Å²) in [6.45, 7) is 3.89. The number of ether oxygens (including phenoxy) is 1. The molecule has 4 fully saturated rings. The summed E-state index contributed by atoms with van der Waals surface area (Å²) in [6, 6.07) is 3.53. The van der Waals surface area contributed by atoms with Gasteiger partial charge in [-0.05, 0) is 56.7 Å². The van der Waals surface area contributed by atoms with Crippen LogP contribution in [0.25, 0.3) is 0 Å². The average Bonchev–Trinajstić information content (AvgIpc) is 3.41. The fourth-order valence-electron chi connectivity index (χ4n) is 3.73. The SMILES string of the molecule is Cl.Nc1cc(OCC2CC2)c(C(=O)NC2CN3CCC2CC3)cc1Cl. The Morgan fingerprint density at radius 2 is 2.00 bits per heavy atom. The maximum Gasteiger partial charge on any atom is 0.255 e. The molecule has 1 amide bonds. The van der Waals surface area contributed by atoms with Gasteiger partial charge in [0.15, 0.2) is 0 Å². The molecule has 1 saturated carbocycles. The van der Waals surface area contributed by atoms with Crippen LogP contribution in [-0.4, -0.2) is 43.1 Å². The monoisotopic (exact) mass is 385 g/mol. The fourth-order valence-corrected chi connectivity index (χ4v) is 3.90. The van der Waals surface area contributed by atoms with E-state index >= 15 is 0 Å². The highest BCUT2D eigenvalue weighted by atomic mass is 35.5. The van der Waals surface area contributed by atoms with Crippen LogP contribution in [-0.2, 0) is 0 Å². The minimum absolute atomic E-state index is 0. The van der Waals surface area contributed by atoms with Gasteiger partial charge in [0.25, 0.3) is 5.91 Å². The van der Waals surface area contributed by atoms with Crippen LogP contribution in [0.5, 0.6) is 5.75 Å². The molecule has 5 nitrogen and oxygen atoms in total. The predicted octanol–water partition coefficient (Wildman–Crippen LogP) is 2.96. The van der Waals surface area contributed by atoms with E-state index in [4.69, 9.17) is 22.1 Å². The van der Waals surface area contributed by atoms with E-state index in [0.29, 0.717) is 40.5 Å². The number of benzene rings is 1. The number of halogens is 2. The predicted molar refractivity (Wildman–Crippen MR) is 102 cm³/mol. The average molecular weight is 386 g/mol. The van der Waals surface area contributed by atoms with Gasteiger partial charge < -0.3 is 20.7 Å². The maximum atomic E-state index is 12.8. The van der Waals surface area contributed by atoms with Crippen molar-refractivity contribution in [3.05, 3.63) is 22.7 Å². The molecular weight excluding hydrogens is 361 g/mol. The first kappa shape index (κ1) is 18.6. The molecule has 0 aromatic heterocycles. The molecule has 0 radical (unpaired) electrons. The third-order valence-corrected chi connectivity index (χ3v) is 5.81. The summed E-state index contributed by atoms with van der Waals surface area (Å²) in [5, 5.41) is 3.59. The highest BCUT2D eigenvalue weighted by Gasteiger charge is 2.35. The van der Waals surface area contributed by atoms with Gasteiger partial charge in [-0.15, -0.1) is 12.4 Å². The molecule has 4 aliphatic rings. The quantitative estimate of drug-likeness (QED) is 0.764. The van der Waals surface area contributed by atoms with E-state index in [1.165, 1.54) is 25.7 Å². The minimum atomic E-state index is -0.110. The van der Waals surface area contributed by atoms with Crippen molar-refractivity contribution >= 4 is 35.6 Å². The van der Waals surface area contributed by atoms with Crippen LogP contribution >= 0.6 is 24.0 Å². The molecule has 1 atom stereocenters. The smallest absolute Gasteiger partial charge is 0.255 e. The summed E-state index contributed by atoms with van der Waals surface area (Å²) in [7, 11) is 0. The summed E-state index contributed by atoms with van der Waals surface area (Å²) >= 11 is 6.14. The minimum Gasteiger partial charge on any atom is -0.492 e. The molecule has 1 aromatic carbocycles. The van der Waals surface area contributed by atoms with E-state index in [-0.39, 0.29) is 24.4 Å². The topological polar surface area (TPSA) is 67.6 Å². The van der Waals surface area contributed by atoms with Crippen LogP contribution in [0.15, 0.2) is 12.1 Å². The molecule has 1 aromatic rings. The molecule has 3 aliphatic heterocycles. The Labute approximate surface area is 159 Å². The van der Waals surface area contributed by atoms with Gasteiger partial charge in [-0.3, -0.25) is 4.79 Å². The number of piperidine rings is 3. The van der Waals surface area contributed by atoms with Gasteiger partial charge in [-0.1, -0.05) is 11.6 Å². The second kappa shape index (κ2) is 7.60. The first-order valence-corrected chi connectivity index (χ1v) is 9.23. The van der Waals surface area contributed by atoms with Crippen molar-refractivity contribution < 1.29 is 9.53 Å². The van der Waals surface area contributed by atoms with Crippen molar-refractivity contribution in [1.29, 1.82) is 0 Å². The summed E-state index contributed by atoms with van der Waals surface area (Å²) in [4.78, 5) is 15.2. The van der Waals surface area contributed by atoms with E-state index in [1.807, 2.05) is 0 Å². The molecule has 1 unspecified atom stereocenters. The van der Waals surface area contributed by atoms with Crippen LogP contribution in [0.1, 0.15) is 36.0 Å². The number of nitrogens with one attached hydrogen (secondary N) is 1. The molecule has 0 spiro atoms. The number of carbonyl (C=O) groups is 1. The Morgan fingerprint density at radius 1 is 1.28 bits per heavy atom. The van der Waals surface area contributed by atoms with Gasteiger partial charge in [-0.25, -0.2) is 0 Å². The number of fused-ring (bicyclic) bond motifs is 3. The van der Waals surface area contributed by atoms with E-state index in [0.717, 1.165) is 19.6 Å². The van der Waals surface area contributed by atoms with E-state index in [2.05, 4.69) is 10.2 Å². The largest absolute Gasteiger partial charge is 0.492 e. The number of hydrogen-bond donors (Lipinski definition) is 2. The van der Waals surface area contributed by atoms with E-state index in [9.17, 15) is 4.79 Å². The second-order valence-corrected chi connectivity index (χ2v) is 7.75. The molecule has 138 valence electrons. The van der Waals surface area contributed by atoms with Gasteiger partial charge in [0, 0.05) is 18.7 Å². The normalized spacial score (nSPS) is 27.5. The van der Waals surface area contributed by atoms with Gasteiger partial charge in [0.1, 0.15) is 5.75 Å². The number of amides is 1. The number of nitrogens with zero attached hydrogens (tertiary/aromatic N) is 1. The fraction of sp³-hybridized carbons (Fsp3) is 0.611. The Bertz CT molecular complexity index is 643. The lowest BCUT2D eigenvalue weighted by molar-refractivity contribution is 0.0618. The Balaban J connectivity index is 0.00000182. The molecule has 3 N–H and O–H groups in total. The Hall–Kier alpha value is -1.17. The molecule has 7 heteroatoms. The number of nitrogens with two attached hydrogens (primary N) is 1. The van der Waals surface area contributed by atoms with E-state index < -0.39 is 0 Å². The van der Waals surface area contributed by atoms with Crippen molar-refractivity contribution in [1.82, 2.24) is 10.2 Å². The lowest BCUT2D eigenvalue weighted by atomic mass is 9.84. The Kier molecular flexibility index (Phi) is 5.66. The zero-order valence-electron chi connectivity index (χ0n) is 14.2. The summed E-state index contributed by atoms with van der Waals surface area (Å²) in [5.41, 5.74) is 6.83. The van der Waals surface area contributed by atoms with E-state index in [1.54, 1.807) is 12.1 Å². The van der Waals surface area contributed by atoms with Crippen LogP contribution in [0, 0.1) is 11.8 Å². The van der Waals surface area contributed by atoms with Crippen molar-refractivity contribution in [2.45, 2.75) is 31.7 Å². The number of carbonyl (C=O) groups excluding carboxylic acids is 1.